The largest absolute Gasteiger partial charge is 0.349 e. The zero-order valence-corrected chi connectivity index (χ0v) is 15.0. The lowest BCUT2D eigenvalue weighted by Crippen LogP contribution is -2.55. The number of anilines is 1. The Morgan fingerprint density at radius 1 is 1.24 bits per heavy atom. The van der Waals surface area contributed by atoms with Crippen LogP contribution in [0, 0.1) is 0 Å². The Hall–Kier alpha value is -2.19. The summed E-state index contributed by atoms with van der Waals surface area (Å²) < 4.78 is 23.0. The van der Waals surface area contributed by atoms with E-state index in [1.807, 2.05) is 0 Å². The molecule has 1 aromatic carbocycles. The van der Waals surface area contributed by atoms with Gasteiger partial charge in [0.15, 0.2) is 14.6 Å². The Bertz CT molecular complexity index is 751. The Kier molecular flexibility index (Phi) is 5.97. The maximum atomic E-state index is 12.7. The molecule has 2 amide bonds. The minimum absolute atomic E-state index is 0.236. The van der Waals surface area contributed by atoms with Crippen molar-refractivity contribution >= 4 is 27.3 Å². The summed E-state index contributed by atoms with van der Waals surface area (Å²) in [6.07, 6.45) is 3.15. The molecule has 0 spiro atoms. The molecule has 25 heavy (non-hydrogen) atoms. The van der Waals surface area contributed by atoms with E-state index in [1.165, 1.54) is 0 Å². The van der Waals surface area contributed by atoms with E-state index in [9.17, 15) is 18.0 Å². The maximum absolute atomic E-state index is 12.7. The smallest absolute Gasteiger partial charge is 0.251 e. The molecule has 1 saturated heterocycles. The molecule has 2 rings (SSSR count). The summed E-state index contributed by atoms with van der Waals surface area (Å²) in [5, 5.41) is 8.40. The summed E-state index contributed by atoms with van der Waals surface area (Å²) in [5.41, 5.74) is 0.895. The summed E-state index contributed by atoms with van der Waals surface area (Å²) in [7, 11) is -3.56. The summed E-state index contributed by atoms with van der Waals surface area (Å²) >= 11 is 0. The van der Waals surface area contributed by atoms with Crippen LogP contribution in [-0.4, -0.2) is 50.9 Å². The molecule has 1 fully saturated rings. The molecule has 136 valence electrons. The summed E-state index contributed by atoms with van der Waals surface area (Å²) in [5.74, 6) is -0.774. The van der Waals surface area contributed by atoms with Crippen LogP contribution in [0.5, 0.6) is 0 Å². The van der Waals surface area contributed by atoms with Gasteiger partial charge in [-0.2, -0.15) is 0 Å². The van der Waals surface area contributed by atoms with Gasteiger partial charge in [0.05, 0.1) is 0 Å². The van der Waals surface area contributed by atoms with E-state index in [4.69, 9.17) is 0 Å². The number of sulfone groups is 1. The van der Waals surface area contributed by atoms with Crippen molar-refractivity contribution in [2.45, 2.75) is 17.6 Å². The molecule has 7 nitrogen and oxygen atoms in total. The van der Waals surface area contributed by atoms with Crippen LogP contribution in [0.3, 0.4) is 0 Å². The Morgan fingerprint density at radius 2 is 1.84 bits per heavy atom. The molecule has 3 N–H and O–H groups in total. The van der Waals surface area contributed by atoms with Gasteiger partial charge in [-0.05, 0) is 50.2 Å². The van der Waals surface area contributed by atoms with Crippen molar-refractivity contribution in [3.05, 3.63) is 42.5 Å². The number of carbonyl (C=O) groups is 2. The zero-order chi connectivity index (χ0) is 18.5. The second kappa shape index (κ2) is 7.79. The third-order valence-electron chi connectivity index (χ3n) is 4.35. The van der Waals surface area contributed by atoms with Crippen molar-refractivity contribution in [2.75, 3.05) is 31.2 Å². The standard InChI is InChI=1S/C17H23N3O4S/c1-3-10-19-15(21)13-4-6-14(7-5-13)20-16(22)17(25(2,23)24)8-11-18-12-9-17/h3-7,18H,1,8-12H2,2H3,(H,19,21)(H,20,22). The van der Waals surface area contributed by atoms with Crippen LogP contribution in [0.1, 0.15) is 23.2 Å². The molecule has 0 bridgehead atoms. The Morgan fingerprint density at radius 3 is 2.36 bits per heavy atom. The van der Waals surface area contributed by atoms with Crippen molar-refractivity contribution in [3.8, 4) is 0 Å². The first-order chi connectivity index (χ1) is 11.8. The topological polar surface area (TPSA) is 104 Å². The molecule has 1 aliphatic heterocycles. The summed E-state index contributed by atoms with van der Waals surface area (Å²) in [4.78, 5) is 24.5. The van der Waals surface area contributed by atoms with Gasteiger partial charge in [0, 0.05) is 24.1 Å². The third kappa shape index (κ3) is 4.26. The number of hydrogen-bond acceptors (Lipinski definition) is 5. The summed E-state index contributed by atoms with van der Waals surface area (Å²) in [6, 6.07) is 6.31. The second-order valence-corrected chi connectivity index (χ2v) is 8.37. The highest BCUT2D eigenvalue weighted by molar-refractivity contribution is 7.92. The van der Waals surface area contributed by atoms with Gasteiger partial charge >= 0.3 is 0 Å². The van der Waals surface area contributed by atoms with Crippen LogP contribution >= 0.6 is 0 Å². The molecule has 1 aliphatic rings. The maximum Gasteiger partial charge on any atom is 0.251 e. The van der Waals surface area contributed by atoms with Crippen molar-refractivity contribution < 1.29 is 18.0 Å². The van der Waals surface area contributed by atoms with E-state index in [2.05, 4.69) is 22.5 Å². The van der Waals surface area contributed by atoms with Gasteiger partial charge in [0.1, 0.15) is 0 Å². The van der Waals surface area contributed by atoms with Crippen LogP contribution in [0.15, 0.2) is 36.9 Å². The van der Waals surface area contributed by atoms with Crippen LogP contribution in [0.4, 0.5) is 5.69 Å². The van der Waals surface area contributed by atoms with Gasteiger partial charge < -0.3 is 16.0 Å². The number of piperidine rings is 1. The monoisotopic (exact) mass is 365 g/mol. The lowest BCUT2D eigenvalue weighted by molar-refractivity contribution is -0.119. The highest BCUT2D eigenvalue weighted by atomic mass is 32.2. The SMILES string of the molecule is C=CCNC(=O)c1ccc(NC(=O)C2(S(C)(=O)=O)CCNCC2)cc1. The highest BCUT2D eigenvalue weighted by Gasteiger charge is 2.48. The molecule has 0 radical (unpaired) electrons. The third-order valence-corrected chi connectivity index (χ3v) is 6.36. The average Bonchev–Trinajstić information content (AvgIpc) is 2.60. The lowest BCUT2D eigenvalue weighted by atomic mass is 9.95. The molecular weight excluding hydrogens is 342 g/mol. The molecule has 0 aromatic heterocycles. The fraction of sp³-hybridized carbons (Fsp3) is 0.412. The molecule has 0 atom stereocenters. The molecule has 0 unspecified atom stereocenters. The highest BCUT2D eigenvalue weighted by Crippen LogP contribution is 2.29. The van der Waals surface area contributed by atoms with Crippen LogP contribution in [0.25, 0.3) is 0 Å². The predicted octanol–water partition coefficient (Wildman–Crippen LogP) is 0.708. The van der Waals surface area contributed by atoms with E-state index >= 15 is 0 Å². The van der Waals surface area contributed by atoms with E-state index in [0.717, 1.165) is 6.26 Å². The first kappa shape index (κ1) is 19.1. The fourth-order valence-electron chi connectivity index (χ4n) is 2.81. The fourth-order valence-corrected chi connectivity index (χ4v) is 4.15. The number of carbonyl (C=O) groups excluding carboxylic acids is 2. The van der Waals surface area contributed by atoms with E-state index < -0.39 is 20.5 Å². The van der Waals surface area contributed by atoms with Gasteiger partial charge in [-0.15, -0.1) is 6.58 Å². The quantitative estimate of drug-likeness (QED) is 0.644. The Labute approximate surface area is 147 Å². The molecule has 0 saturated carbocycles. The summed E-state index contributed by atoms with van der Waals surface area (Å²) in [6.45, 7) is 4.84. The predicted molar refractivity (Wildman–Crippen MR) is 97.3 cm³/mol. The van der Waals surface area contributed by atoms with Crippen LogP contribution < -0.4 is 16.0 Å². The Balaban J connectivity index is 2.14. The van der Waals surface area contributed by atoms with E-state index in [-0.39, 0.29) is 18.7 Å². The minimum atomic E-state index is -3.56. The normalized spacial score (nSPS) is 16.7. The molecule has 1 aromatic rings. The molecule has 0 aliphatic carbocycles. The van der Waals surface area contributed by atoms with Gasteiger partial charge in [-0.1, -0.05) is 6.08 Å². The average molecular weight is 365 g/mol. The minimum Gasteiger partial charge on any atom is -0.349 e. The van der Waals surface area contributed by atoms with Crippen molar-refractivity contribution in [1.82, 2.24) is 10.6 Å². The molecule has 1 heterocycles. The zero-order valence-electron chi connectivity index (χ0n) is 14.2. The van der Waals surface area contributed by atoms with Crippen molar-refractivity contribution in [2.24, 2.45) is 0 Å². The van der Waals surface area contributed by atoms with Crippen LogP contribution in [-0.2, 0) is 14.6 Å². The number of amides is 2. The number of rotatable bonds is 6. The first-order valence-corrected chi connectivity index (χ1v) is 9.90. The van der Waals surface area contributed by atoms with Crippen LogP contribution in [0.2, 0.25) is 0 Å². The van der Waals surface area contributed by atoms with Gasteiger partial charge in [0.2, 0.25) is 5.91 Å². The lowest BCUT2D eigenvalue weighted by Gasteiger charge is -2.34. The second-order valence-electron chi connectivity index (χ2n) is 6.05. The number of benzene rings is 1. The number of nitrogens with one attached hydrogen (secondary N) is 3. The van der Waals surface area contributed by atoms with Gasteiger partial charge in [-0.25, -0.2) is 8.42 Å². The molecule has 8 heteroatoms. The number of hydrogen-bond donors (Lipinski definition) is 3. The molecular formula is C17H23N3O4S. The van der Waals surface area contributed by atoms with Gasteiger partial charge in [0.25, 0.3) is 5.91 Å². The van der Waals surface area contributed by atoms with Crippen molar-refractivity contribution in [3.63, 3.8) is 0 Å². The van der Waals surface area contributed by atoms with Crippen molar-refractivity contribution in [1.29, 1.82) is 0 Å². The first-order valence-electron chi connectivity index (χ1n) is 8.01. The van der Waals surface area contributed by atoms with E-state index in [0.29, 0.717) is 30.9 Å². The van der Waals surface area contributed by atoms with Gasteiger partial charge in [-0.3, -0.25) is 9.59 Å². The van der Waals surface area contributed by atoms with E-state index in [1.54, 1.807) is 30.3 Å².